The molecule has 0 bridgehead atoms. The first kappa shape index (κ1) is 18.6. The highest BCUT2D eigenvalue weighted by Crippen LogP contribution is 2.45. The van der Waals surface area contributed by atoms with Crippen LogP contribution in [0.5, 0.6) is 0 Å². The van der Waals surface area contributed by atoms with Gasteiger partial charge in [-0.05, 0) is 12.5 Å². The van der Waals surface area contributed by atoms with Crippen LogP contribution in [0.2, 0.25) is 0 Å². The summed E-state index contributed by atoms with van der Waals surface area (Å²) in [6.07, 6.45) is -5.57. The summed E-state index contributed by atoms with van der Waals surface area (Å²) in [6, 6.07) is 17.7. The molecule has 3 aromatic rings. The van der Waals surface area contributed by atoms with Gasteiger partial charge < -0.3 is 5.11 Å². The Balaban J connectivity index is 1.80. The zero-order chi connectivity index (χ0) is 19.9. The van der Waals surface area contributed by atoms with Crippen LogP contribution in [0, 0.1) is 6.92 Å². The van der Waals surface area contributed by atoms with Gasteiger partial charge in [-0.15, -0.1) is 0 Å². The molecule has 0 aliphatic carbocycles. The monoisotopic (exact) mass is 403 g/mol. The van der Waals surface area contributed by atoms with Gasteiger partial charge in [0, 0.05) is 10.4 Å². The molecule has 1 unspecified atom stereocenters. The lowest BCUT2D eigenvalue weighted by Crippen LogP contribution is -2.55. The van der Waals surface area contributed by atoms with Gasteiger partial charge in [0.2, 0.25) is 5.13 Å². The van der Waals surface area contributed by atoms with E-state index in [1.165, 1.54) is 0 Å². The maximum atomic E-state index is 13.8. The number of alkyl halides is 3. The molecule has 0 saturated carbocycles. The standard InChI is InChI=1S/C20H16F3N3OS/c1-13-17(15-10-6-3-7-11-15)24-18(28-13)26-19(27,20(21,22)23)12-16(25-26)14-8-4-2-5-9-14/h2-11,27H,12H2,1H3. The van der Waals surface area contributed by atoms with E-state index in [1.54, 1.807) is 37.3 Å². The van der Waals surface area contributed by atoms with Crippen LogP contribution in [-0.4, -0.2) is 27.7 Å². The molecule has 1 aromatic heterocycles. The number of nitrogens with zero attached hydrogens (tertiary/aromatic N) is 3. The second kappa shape index (κ2) is 6.72. The highest BCUT2D eigenvalue weighted by atomic mass is 32.1. The zero-order valence-electron chi connectivity index (χ0n) is 14.8. The predicted octanol–water partition coefficient (Wildman–Crippen LogP) is 4.98. The SMILES string of the molecule is Cc1sc(N2N=C(c3ccccc3)CC2(O)C(F)(F)F)nc1-c1ccccc1. The first-order valence-electron chi connectivity index (χ1n) is 8.55. The molecular formula is C20H16F3N3OS. The Bertz CT molecular complexity index is 1020. The number of rotatable bonds is 3. The second-order valence-electron chi connectivity index (χ2n) is 6.48. The first-order valence-corrected chi connectivity index (χ1v) is 9.36. The van der Waals surface area contributed by atoms with Crippen molar-refractivity contribution in [1.29, 1.82) is 0 Å². The Kier molecular flexibility index (Phi) is 4.47. The molecule has 0 fully saturated rings. The number of aryl methyl sites for hydroxylation is 1. The smallest absolute Gasteiger partial charge is 0.362 e. The summed E-state index contributed by atoms with van der Waals surface area (Å²) in [7, 11) is 0. The first-order chi connectivity index (χ1) is 13.3. The van der Waals surface area contributed by atoms with Gasteiger partial charge in [0.15, 0.2) is 0 Å². The highest BCUT2D eigenvalue weighted by Gasteiger charge is 2.62. The molecule has 8 heteroatoms. The van der Waals surface area contributed by atoms with Crippen molar-refractivity contribution in [3.63, 3.8) is 0 Å². The summed E-state index contributed by atoms with van der Waals surface area (Å²) in [4.78, 5) is 5.12. The molecular weight excluding hydrogens is 387 g/mol. The van der Waals surface area contributed by atoms with Crippen molar-refractivity contribution >= 4 is 22.2 Å². The van der Waals surface area contributed by atoms with Crippen molar-refractivity contribution < 1.29 is 18.3 Å². The van der Waals surface area contributed by atoms with E-state index in [0.29, 0.717) is 16.3 Å². The van der Waals surface area contributed by atoms with Crippen molar-refractivity contribution in [3.05, 3.63) is 71.1 Å². The molecule has 4 nitrogen and oxygen atoms in total. The molecule has 0 radical (unpaired) electrons. The highest BCUT2D eigenvalue weighted by molar-refractivity contribution is 7.16. The van der Waals surface area contributed by atoms with Gasteiger partial charge in [0.05, 0.1) is 17.8 Å². The number of hydrogen-bond acceptors (Lipinski definition) is 5. The van der Waals surface area contributed by atoms with E-state index < -0.39 is 18.3 Å². The largest absolute Gasteiger partial charge is 0.438 e. The van der Waals surface area contributed by atoms with Gasteiger partial charge in [0.25, 0.3) is 5.72 Å². The topological polar surface area (TPSA) is 48.7 Å². The van der Waals surface area contributed by atoms with E-state index in [4.69, 9.17) is 0 Å². The van der Waals surface area contributed by atoms with Gasteiger partial charge in [0.1, 0.15) is 0 Å². The summed E-state index contributed by atoms with van der Waals surface area (Å²) in [6.45, 7) is 1.79. The van der Waals surface area contributed by atoms with Crippen molar-refractivity contribution in [2.24, 2.45) is 5.10 Å². The maximum absolute atomic E-state index is 13.8. The number of aliphatic hydroxyl groups is 1. The Morgan fingerprint density at radius 1 is 1.00 bits per heavy atom. The van der Waals surface area contributed by atoms with Crippen LogP contribution in [0.4, 0.5) is 18.3 Å². The molecule has 1 aliphatic heterocycles. The summed E-state index contributed by atoms with van der Waals surface area (Å²) < 4.78 is 41.4. The minimum absolute atomic E-state index is 0.00195. The fourth-order valence-electron chi connectivity index (χ4n) is 3.10. The Hall–Kier alpha value is -2.71. The van der Waals surface area contributed by atoms with Crippen molar-refractivity contribution in [2.75, 3.05) is 5.01 Å². The lowest BCUT2D eigenvalue weighted by Gasteiger charge is -2.32. The molecule has 4 rings (SSSR count). The molecule has 0 spiro atoms. The van der Waals surface area contributed by atoms with Crippen LogP contribution in [-0.2, 0) is 0 Å². The van der Waals surface area contributed by atoms with Crippen LogP contribution in [0.3, 0.4) is 0 Å². The van der Waals surface area contributed by atoms with E-state index in [2.05, 4.69) is 10.1 Å². The predicted molar refractivity (Wildman–Crippen MR) is 103 cm³/mol. The average molecular weight is 403 g/mol. The van der Waals surface area contributed by atoms with E-state index in [-0.39, 0.29) is 10.8 Å². The molecule has 144 valence electrons. The van der Waals surface area contributed by atoms with E-state index >= 15 is 0 Å². The number of halogens is 3. The minimum atomic E-state index is -4.90. The number of hydrazone groups is 1. The summed E-state index contributed by atoms with van der Waals surface area (Å²) in [5.74, 6) is 0. The maximum Gasteiger partial charge on any atom is 0.438 e. The number of anilines is 1. The Morgan fingerprint density at radius 2 is 1.57 bits per heavy atom. The van der Waals surface area contributed by atoms with Crippen molar-refractivity contribution in [3.8, 4) is 11.3 Å². The van der Waals surface area contributed by atoms with Gasteiger partial charge in [-0.2, -0.15) is 23.3 Å². The molecule has 1 N–H and O–H groups in total. The Morgan fingerprint density at radius 3 is 2.14 bits per heavy atom. The fraction of sp³-hybridized carbons (Fsp3) is 0.200. The average Bonchev–Trinajstić information content (AvgIpc) is 3.24. The normalized spacial score (nSPS) is 19.8. The van der Waals surface area contributed by atoms with E-state index in [0.717, 1.165) is 21.8 Å². The molecule has 1 aliphatic rings. The van der Waals surface area contributed by atoms with Gasteiger partial charge >= 0.3 is 6.18 Å². The number of aromatic nitrogens is 1. The summed E-state index contributed by atoms with van der Waals surface area (Å²) in [5.41, 5.74) is -1.08. The Labute approximate surface area is 163 Å². The number of thiazole rings is 1. The van der Waals surface area contributed by atoms with Crippen LogP contribution in [0.1, 0.15) is 16.9 Å². The van der Waals surface area contributed by atoms with Crippen molar-refractivity contribution in [2.45, 2.75) is 25.2 Å². The van der Waals surface area contributed by atoms with Crippen LogP contribution < -0.4 is 5.01 Å². The quantitative estimate of drug-likeness (QED) is 0.671. The number of hydrogen-bond donors (Lipinski definition) is 1. The van der Waals surface area contributed by atoms with Gasteiger partial charge in [-0.3, -0.25) is 0 Å². The zero-order valence-corrected chi connectivity index (χ0v) is 15.6. The van der Waals surface area contributed by atoms with Crippen LogP contribution in [0.15, 0.2) is 65.8 Å². The third kappa shape index (κ3) is 3.08. The third-order valence-electron chi connectivity index (χ3n) is 4.56. The van der Waals surface area contributed by atoms with Crippen LogP contribution >= 0.6 is 11.3 Å². The second-order valence-corrected chi connectivity index (χ2v) is 7.66. The molecule has 0 amide bonds. The van der Waals surface area contributed by atoms with Gasteiger partial charge in [-0.1, -0.05) is 72.0 Å². The number of benzene rings is 2. The molecule has 2 aromatic carbocycles. The lowest BCUT2D eigenvalue weighted by atomic mass is 10.0. The van der Waals surface area contributed by atoms with Crippen LogP contribution in [0.25, 0.3) is 11.3 Å². The molecule has 2 heterocycles. The van der Waals surface area contributed by atoms with E-state index in [1.807, 2.05) is 30.3 Å². The minimum Gasteiger partial charge on any atom is -0.362 e. The van der Waals surface area contributed by atoms with E-state index in [9.17, 15) is 18.3 Å². The lowest BCUT2D eigenvalue weighted by molar-refractivity contribution is -0.254. The van der Waals surface area contributed by atoms with Crippen molar-refractivity contribution in [1.82, 2.24) is 4.98 Å². The molecule has 1 atom stereocenters. The fourth-order valence-corrected chi connectivity index (χ4v) is 4.04. The molecule has 0 saturated heterocycles. The summed E-state index contributed by atoms with van der Waals surface area (Å²) >= 11 is 1.07. The summed E-state index contributed by atoms with van der Waals surface area (Å²) in [5, 5.41) is 15.3. The molecule has 28 heavy (non-hydrogen) atoms. The van der Waals surface area contributed by atoms with Gasteiger partial charge in [-0.25, -0.2) is 4.98 Å². The third-order valence-corrected chi connectivity index (χ3v) is 5.51.